The molecule has 1 rings (SSSR count). The molecular formula is C7H7Cl2FO. The van der Waals surface area contributed by atoms with Crippen LogP contribution in [-0.2, 0) is 0 Å². The Hall–Kier alpha value is -0.470. The maximum Gasteiger partial charge on any atom is 0.138 e. The van der Waals surface area contributed by atoms with Crippen LogP contribution in [0, 0.1) is 0 Å². The minimum atomic E-state index is 0. The second-order valence-electron chi connectivity index (χ2n) is 1.76. The summed E-state index contributed by atoms with van der Waals surface area (Å²) in [5, 5.41) is 0.979. The number of hydrogen-bond donors (Lipinski definition) is 0. The summed E-state index contributed by atoms with van der Waals surface area (Å²) in [5.41, 5.74) is 0. The van der Waals surface area contributed by atoms with E-state index in [4.69, 9.17) is 27.9 Å². The standard InChI is InChI=1S/C7H6Cl2O.FH/c1-10-6-4-2-3-5(8)7(6)9;/h2-4H,1H3;1H. The first kappa shape index (κ1) is 10.5. The molecule has 1 aromatic carbocycles. The summed E-state index contributed by atoms with van der Waals surface area (Å²) >= 11 is 11.4. The van der Waals surface area contributed by atoms with Gasteiger partial charge in [0.1, 0.15) is 10.8 Å². The molecule has 0 amide bonds. The van der Waals surface area contributed by atoms with Gasteiger partial charge in [0.25, 0.3) is 0 Å². The lowest BCUT2D eigenvalue weighted by molar-refractivity contribution is 0.415. The van der Waals surface area contributed by atoms with Crippen LogP contribution in [0.3, 0.4) is 0 Å². The second kappa shape index (κ2) is 4.42. The lowest BCUT2D eigenvalue weighted by Gasteiger charge is -2.01. The summed E-state index contributed by atoms with van der Waals surface area (Å²) in [4.78, 5) is 0. The Morgan fingerprint density at radius 2 is 1.91 bits per heavy atom. The van der Waals surface area contributed by atoms with Gasteiger partial charge in [0, 0.05) is 0 Å². The first-order valence-corrected chi connectivity index (χ1v) is 3.49. The Kier molecular flexibility index (Phi) is 4.23. The van der Waals surface area contributed by atoms with E-state index in [2.05, 4.69) is 0 Å². The lowest BCUT2D eigenvalue weighted by atomic mass is 10.3. The third-order valence-corrected chi connectivity index (χ3v) is 1.94. The highest BCUT2D eigenvalue weighted by Crippen LogP contribution is 2.30. The van der Waals surface area contributed by atoms with Gasteiger partial charge in [-0.15, -0.1) is 0 Å². The molecule has 0 saturated carbocycles. The smallest absolute Gasteiger partial charge is 0.138 e. The van der Waals surface area contributed by atoms with Crippen LogP contribution in [0.15, 0.2) is 18.2 Å². The Morgan fingerprint density at radius 1 is 1.27 bits per heavy atom. The number of halogens is 3. The van der Waals surface area contributed by atoms with Crippen molar-refractivity contribution in [3.05, 3.63) is 28.2 Å². The fourth-order valence-electron chi connectivity index (χ4n) is 0.642. The van der Waals surface area contributed by atoms with E-state index in [-0.39, 0.29) is 4.70 Å². The molecule has 0 aliphatic carbocycles. The third kappa shape index (κ3) is 2.24. The van der Waals surface area contributed by atoms with Gasteiger partial charge in [0.2, 0.25) is 0 Å². The van der Waals surface area contributed by atoms with Gasteiger partial charge in [-0.25, -0.2) is 0 Å². The molecule has 0 atom stereocenters. The molecule has 0 unspecified atom stereocenters. The predicted octanol–water partition coefficient (Wildman–Crippen LogP) is 3.15. The molecule has 0 spiro atoms. The molecule has 4 heteroatoms. The predicted molar refractivity (Wildman–Crippen MR) is 45.5 cm³/mol. The molecule has 1 aromatic rings. The van der Waals surface area contributed by atoms with Crippen molar-refractivity contribution in [2.75, 3.05) is 7.11 Å². The highest BCUT2D eigenvalue weighted by atomic mass is 35.5. The Bertz CT molecular complexity index is 240. The Morgan fingerprint density at radius 3 is 2.36 bits per heavy atom. The normalized spacial score (nSPS) is 8.64. The summed E-state index contributed by atoms with van der Waals surface area (Å²) in [6.07, 6.45) is 0. The molecule has 0 bridgehead atoms. The van der Waals surface area contributed by atoms with Crippen LogP contribution >= 0.6 is 23.2 Å². The van der Waals surface area contributed by atoms with Gasteiger partial charge in [-0.1, -0.05) is 29.3 Å². The van der Waals surface area contributed by atoms with Crippen LogP contribution in [0.1, 0.15) is 0 Å². The molecule has 0 aliphatic rings. The largest absolute Gasteiger partial charge is 0.495 e. The Balaban J connectivity index is 0.000001000. The summed E-state index contributed by atoms with van der Waals surface area (Å²) in [7, 11) is 1.55. The first-order valence-electron chi connectivity index (χ1n) is 2.73. The highest BCUT2D eigenvalue weighted by Gasteiger charge is 2.01. The van der Waals surface area contributed by atoms with Crippen LogP contribution < -0.4 is 4.74 Å². The number of hydrogen-bond acceptors (Lipinski definition) is 1. The van der Waals surface area contributed by atoms with Crippen LogP contribution in [0.5, 0.6) is 5.75 Å². The van der Waals surface area contributed by atoms with Crippen molar-refractivity contribution in [3.63, 3.8) is 0 Å². The average molecular weight is 197 g/mol. The monoisotopic (exact) mass is 196 g/mol. The van der Waals surface area contributed by atoms with E-state index >= 15 is 0 Å². The average Bonchev–Trinajstić information content (AvgIpc) is 1.95. The van der Waals surface area contributed by atoms with Crippen molar-refractivity contribution in [1.82, 2.24) is 0 Å². The van der Waals surface area contributed by atoms with E-state index in [1.54, 1.807) is 25.3 Å². The van der Waals surface area contributed by atoms with Gasteiger partial charge in [0.15, 0.2) is 0 Å². The van der Waals surface area contributed by atoms with Gasteiger partial charge < -0.3 is 4.74 Å². The van der Waals surface area contributed by atoms with E-state index in [9.17, 15) is 0 Å². The van der Waals surface area contributed by atoms with Gasteiger partial charge in [0.05, 0.1) is 12.1 Å². The van der Waals surface area contributed by atoms with Crippen molar-refractivity contribution in [2.45, 2.75) is 0 Å². The van der Waals surface area contributed by atoms with Crippen LogP contribution in [-0.4, -0.2) is 7.11 Å². The van der Waals surface area contributed by atoms with Crippen LogP contribution in [0.25, 0.3) is 0 Å². The molecule has 11 heavy (non-hydrogen) atoms. The zero-order valence-corrected chi connectivity index (χ0v) is 7.32. The second-order valence-corrected chi connectivity index (χ2v) is 2.54. The summed E-state index contributed by atoms with van der Waals surface area (Å²) in [5.74, 6) is 0.606. The molecule has 62 valence electrons. The number of methoxy groups -OCH3 is 1. The first-order chi connectivity index (χ1) is 4.75. The third-order valence-electron chi connectivity index (χ3n) is 1.14. The van der Waals surface area contributed by atoms with Gasteiger partial charge in [-0.3, -0.25) is 4.70 Å². The molecule has 0 aliphatic heterocycles. The van der Waals surface area contributed by atoms with Crippen LogP contribution in [0.4, 0.5) is 4.70 Å². The van der Waals surface area contributed by atoms with Crippen molar-refractivity contribution in [3.8, 4) is 5.75 Å². The number of benzene rings is 1. The topological polar surface area (TPSA) is 9.23 Å². The highest BCUT2D eigenvalue weighted by molar-refractivity contribution is 6.42. The van der Waals surface area contributed by atoms with Crippen molar-refractivity contribution < 1.29 is 9.44 Å². The number of ether oxygens (including phenoxy) is 1. The zero-order chi connectivity index (χ0) is 7.56. The Labute approximate surface area is 74.2 Å². The van der Waals surface area contributed by atoms with Crippen molar-refractivity contribution >= 4 is 23.2 Å². The van der Waals surface area contributed by atoms with E-state index in [0.29, 0.717) is 15.8 Å². The quantitative estimate of drug-likeness (QED) is 0.671. The molecule has 0 saturated heterocycles. The van der Waals surface area contributed by atoms with Gasteiger partial charge in [-0.2, -0.15) is 0 Å². The fraction of sp³-hybridized carbons (Fsp3) is 0.143. The van der Waals surface area contributed by atoms with Gasteiger partial charge >= 0.3 is 0 Å². The molecule has 1 nitrogen and oxygen atoms in total. The number of rotatable bonds is 1. The van der Waals surface area contributed by atoms with Gasteiger partial charge in [-0.05, 0) is 12.1 Å². The van der Waals surface area contributed by atoms with E-state index in [0.717, 1.165) is 0 Å². The zero-order valence-electron chi connectivity index (χ0n) is 5.80. The maximum absolute atomic E-state index is 5.74. The molecule has 0 aromatic heterocycles. The lowest BCUT2D eigenvalue weighted by Crippen LogP contribution is -1.82. The minimum absolute atomic E-state index is 0. The molecule has 0 heterocycles. The summed E-state index contributed by atoms with van der Waals surface area (Å²) in [6.45, 7) is 0. The molecule has 0 N–H and O–H groups in total. The van der Waals surface area contributed by atoms with Crippen molar-refractivity contribution in [1.29, 1.82) is 0 Å². The van der Waals surface area contributed by atoms with E-state index < -0.39 is 0 Å². The van der Waals surface area contributed by atoms with E-state index in [1.807, 2.05) is 0 Å². The maximum atomic E-state index is 5.74. The minimum Gasteiger partial charge on any atom is -0.495 e. The van der Waals surface area contributed by atoms with E-state index in [1.165, 1.54) is 0 Å². The summed E-state index contributed by atoms with van der Waals surface area (Å²) in [6, 6.07) is 5.26. The fourth-order valence-corrected chi connectivity index (χ4v) is 1.01. The van der Waals surface area contributed by atoms with Crippen molar-refractivity contribution in [2.24, 2.45) is 0 Å². The molecule has 0 radical (unpaired) electrons. The SMILES string of the molecule is COc1cccc(Cl)c1Cl.F. The molecular weight excluding hydrogens is 190 g/mol. The molecule has 0 fully saturated rings. The summed E-state index contributed by atoms with van der Waals surface area (Å²) < 4.78 is 4.91. The van der Waals surface area contributed by atoms with Crippen LogP contribution in [0.2, 0.25) is 10.0 Å².